The van der Waals surface area contributed by atoms with Crippen molar-refractivity contribution in [3.8, 4) is 0 Å². The molecule has 0 aromatic heterocycles. The SMILES string of the molecule is CCCCCCCC(=O)OCC(CCCCN(CC=C(C)C)CCO)COC(=O)CCCCCCC. The number of rotatable bonds is 25. The van der Waals surface area contributed by atoms with Gasteiger partial charge in [-0.3, -0.25) is 14.5 Å². The fourth-order valence-corrected chi connectivity index (χ4v) is 4.04. The molecule has 36 heavy (non-hydrogen) atoms. The number of hydrogen-bond acceptors (Lipinski definition) is 6. The summed E-state index contributed by atoms with van der Waals surface area (Å²) in [5.41, 5.74) is 1.28. The molecule has 0 atom stereocenters. The topological polar surface area (TPSA) is 76.1 Å². The zero-order chi connectivity index (χ0) is 26.9. The molecule has 0 fully saturated rings. The summed E-state index contributed by atoms with van der Waals surface area (Å²) in [6.45, 7) is 11.7. The van der Waals surface area contributed by atoms with E-state index in [-0.39, 0.29) is 24.5 Å². The molecule has 0 amide bonds. The number of aliphatic hydroxyl groups excluding tert-OH is 1. The van der Waals surface area contributed by atoms with Crippen LogP contribution < -0.4 is 0 Å². The summed E-state index contributed by atoms with van der Waals surface area (Å²) < 4.78 is 11.1. The molecule has 6 heteroatoms. The van der Waals surface area contributed by atoms with E-state index in [1.807, 2.05) is 0 Å². The van der Waals surface area contributed by atoms with Gasteiger partial charge in [0, 0.05) is 31.8 Å². The molecule has 0 heterocycles. The second-order valence-corrected chi connectivity index (χ2v) is 10.4. The third kappa shape index (κ3) is 23.0. The largest absolute Gasteiger partial charge is 0.465 e. The van der Waals surface area contributed by atoms with Crippen LogP contribution in [0.4, 0.5) is 0 Å². The van der Waals surface area contributed by atoms with Gasteiger partial charge in [-0.2, -0.15) is 0 Å². The molecule has 212 valence electrons. The van der Waals surface area contributed by atoms with E-state index in [0.717, 1.165) is 58.0 Å². The van der Waals surface area contributed by atoms with Crippen molar-refractivity contribution in [2.24, 2.45) is 5.92 Å². The van der Waals surface area contributed by atoms with Crippen LogP contribution in [0.3, 0.4) is 0 Å². The van der Waals surface area contributed by atoms with E-state index in [0.29, 0.717) is 32.6 Å². The summed E-state index contributed by atoms with van der Waals surface area (Å²) >= 11 is 0. The predicted molar refractivity (Wildman–Crippen MR) is 149 cm³/mol. The Labute approximate surface area is 222 Å². The van der Waals surface area contributed by atoms with Gasteiger partial charge >= 0.3 is 11.9 Å². The number of hydrogen-bond donors (Lipinski definition) is 1. The van der Waals surface area contributed by atoms with Gasteiger partial charge in [-0.1, -0.05) is 83.3 Å². The average Bonchev–Trinajstić information content (AvgIpc) is 2.85. The maximum Gasteiger partial charge on any atom is 0.305 e. The molecule has 1 N–H and O–H groups in total. The molecule has 0 saturated carbocycles. The second-order valence-electron chi connectivity index (χ2n) is 10.4. The highest BCUT2D eigenvalue weighted by molar-refractivity contribution is 5.69. The van der Waals surface area contributed by atoms with Crippen molar-refractivity contribution in [3.63, 3.8) is 0 Å². The van der Waals surface area contributed by atoms with E-state index in [2.05, 4.69) is 38.7 Å². The predicted octanol–water partition coefficient (Wildman–Crippen LogP) is 6.84. The maximum atomic E-state index is 12.2. The summed E-state index contributed by atoms with van der Waals surface area (Å²) in [5, 5.41) is 9.34. The minimum atomic E-state index is -0.144. The Morgan fingerprint density at radius 3 is 1.75 bits per heavy atom. The van der Waals surface area contributed by atoms with Crippen LogP contribution in [0.2, 0.25) is 0 Å². The smallest absolute Gasteiger partial charge is 0.305 e. The van der Waals surface area contributed by atoms with Gasteiger partial charge < -0.3 is 14.6 Å². The number of carbonyl (C=O) groups excluding carboxylic acids is 2. The third-order valence-corrected chi connectivity index (χ3v) is 6.44. The third-order valence-electron chi connectivity index (χ3n) is 6.44. The normalized spacial score (nSPS) is 11.2. The van der Waals surface area contributed by atoms with Crippen LogP contribution in [0.1, 0.15) is 124 Å². The van der Waals surface area contributed by atoms with Gasteiger partial charge in [0.05, 0.1) is 19.8 Å². The lowest BCUT2D eigenvalue weighted by molar-refractivity contribution is -0.149. The highest BCUT2D eigenvalue weighted by atomic mass is 16.5. The molecule has 0 saturated heterocycles. The molecule has 0 spiro atoms. The van der Waals surface area contributed by atoms with E-state index in [1.165, 1.54) is 44.1 Å². The lowest BCUT2D eigenvalue weighted by Gasteiger charge is -2.21. The maximum absolute atomic E-state index is 12.2. The van der Waals surface area contributed by atoms with Crippen molar-refractivity contribution in [3.05, 3.63) is 11.6 Å². The molecule has 6 nitrogen and oxygen atoms in total. The van der Waals surface area contributed by atoms with E-state index in [9.17, 15) is 14.7 Å². The van der Waals surface area contributed by atoms with Crippen molar-refractivity contribution in [1.82, 2.24) is 4.90 Å². The van der Waals surface area contributed by atoms with Gasteiger partial charge in [0.25, 0.3) is 0 Å². The van der Waals surface area contributed by atoms with E-state index in [4.69, 9.17) is 9.47 Å². The Bertz CT molecular complexity index is 530. The minimum Gasteiger partial charge on any atom is -0.465 e. The number of allylic oxidation sites excluding steroid dienone is 1. The quantitative estimate of drug-likeness (QED) is 0.0821. The molecular weight excluding hydrogens is 454 g/mol. The molecule has 0 aliphatic carbocycles. The molecule has 0 rings (SSSR count). The van der Waals surface area contributed by atoms with E-state index in [1.54, 1.807) is 0 Å². The number of nitrogens with zero attached hydrogens (tertiary/aromatic N) is 1. The molecule has 0 unspecified atom stereocenters. The number of carbonyl (C=O) groups is 2. The monoisotopic (exact) mass is 511 g/mol. The van der Waals surface area contributed by atoms with Gasteiger partial charge in [0.1, 0.15) is 0 Å². The number of unbranched alkanes of at least 4 members (excludes halogenated alkanes) is 9. The summed E-state index contributed by atoms with van der Waals surface area (Å²) in [7, 11) is 0. The van der Waals surface area contributed by atoms with Gasteiger partial charge in [-0.25, -0.2) is 0 Å². The average molecular weight is 512 g/mol. The first-order valence-electron chi connectivity index (χ1n) is 14.7. The second kappa shape index (κ2) is 25.3. The zero-order valence-electron chi connectivity index (χ0n) is 24.0. The van der Waals surface area contributed by atoms with E-state index >= 15 is 0 Å². The molecule has 0 aliphatic rings. The Balaban J connectivity index is 4.51. The van der Waals surface area contributed by atoms with Gasteiger partial charge in [0.15, 0.2) is 0 Å². The summed E-state index contributed by atoms with van der Waals surface area (Å²) in [5.74, 6) is -0.258. The first-order chi connectivity index (χ1) is 17.4. The Hall–Kier alpha value is -1.40. The van der Waals surface area contributed by atoms with Crippen LogP contribution in [0, 0.1) is 5.92 Å². The summed E-state index contributed by atoms with van der Waals surface area (Å²) in [6, 6.07) is 0. The minimum absolute atomic E-state index is 0.0298. The lowest BCUT2D eigenvalue weighted by atomic mass is 10.0. The van der Waals surface area contributed by atoms with Crippen LogP contribution in [-0.2, 0) is 19.1 Å². The molecule has 0 bridgehead atoms. The van der Waals surface area contributed by atoms with Gasteiger partial charge in [-0.15, -0.1) is 0 Å². The van der Waals surface area contributed by atoms with Crippen molar-refractivity contribution in [2.75, 3.05) is 39.5 Å². The van der Waals surface area contributed by atoms with Crippen LogP contribution in [0.5, 0.6) is 0 Å². The van der Waals surface area contributed by atoms with Crippen LogP contribution >= 0.6 is 0 Å². The number of esters is 2. The first-order valence-corrected chi connectivity index (χ1v) is 14.7. The van der Waals surface area contributed by atoms with E-state index < -0.39 is 0 Å². The highest BCUT2D eigenvalue weighted by Gasteiger charge is 2.15. The molecular formula is C30H57NO5. The van der Waals surface area contributed by atoms with Crippen molar-refractivity contribution in [1.29, 1.82) is 0 Å². The van der Waals surface area contributed by atoms with Crippen LogP contribution in [0.25, 0.3) is 0 Å². The fourth-order valence-electron chi connectivity index (χ4n) is 4.04. The highest BCUT2D eigenvalue weighted by Crippen LogP contribution is 2.14. The Morgan fingerprint density at radius 2 is 1.28 bits per heavy atom. The first kappa shape index (κ1) is 34.6. The zero-order valence-corrected chi connectivity index (χ0v) is 24.0. The number of aliphatic hydroxyl groups is 1. The van der Waals surface area contributed by atoms with Crippen molar-refractivity contribution >= 4 is 11.9 Å². The van der Waals surface area contributed by atoms with Gasteiger partial charge in [0.2, 0.25) is 0 Å². The lowest BCUT2D eigenvalue weighted by Crippen LogP contribution is -2.28. The van der Waals surface area contributed by atoms with Crippen molar-refractivity contribution < 1.29 is 24.2 Å². The molecule has 0 radical (unpaired) electrons. The summed E-state index contributed by atoms with van der Waals surface area (Å²) in [4.78, 5) is 26.6. The Kier molecular flexibility index (Phi) is 24.3. The molecule has 0 aromatic carbocycles. The molecule has 0 aromatic rings. The summed E-state index contributed by atoms with van der Waals surface area (Å²) in [6.07, 6.45) is 17.0. The fraction of sp³-hybridized carbons (Fsp3) is 0.867. The van der Waals surface area contributed by atoms with Crippen LogP contribution in [-0.4, -0.2) is 61.4 Å². The number of ether oxygens (including phenoxy) is 2. The molecule has 0 aliphatic heterocycles. The van der Waals surface area contributed by atoms with Gasteiger partial charge in [-0.05, 0) is 46.1 Å². The van der Waals surface area contributed by atoms with Crippen LogP contribution in [0.15, 0.2) is 11.6 Å². The Morgan fingerprint density at radius 1 is 0.750 bits per heavy atom. The standard InChI is InChI=1S/C30H57NO5/c1-5-7-9-11-13-18-29(33)35-25-28(26-36-30(34)19-14-12-10-8-6-2)17-15-16-21-31(23-24-32)22-20-27(3)4/h20,28,32H,5-19,21-26H2,1-4H3. The van der Waals surface area contributed by atoms with Crippen molar-refractivity contribution in [2.45, 2.75) is 124 Å².